The number of halogens is 2. The second-order valence-corrected chi connectivity index (χ2v) is 5.35. The minimum atomic E-state index is -0.868. The van der Waals surface area contributed by atoms with Crippen LogP contribution in [0.25, 0.3) is 0 Å². The standard InChI is InChI=1S/C13H15ClFN3O3/c1-8(13(19)17-4-2-3-5-17)16-11-6-9(14)10(15)7-12(11)18(20)21/h6-8,16H,2-5H2,1H3. The molecule has 0 aliphatic carbocycles. The van der Waals surface area contributed by atoms with Crippen molar-refractivity contribution in [2.24, 2.45) is 0 Å². The summed E-state index contributed by atoms with van der Waals surface area (Å²) in [6.45, 7) is 3.00. The van der Waals surface area contributed by atoms with Crippen LogP contribution >= 0.6 is 11.6 Å². The van der Waals surface area contributed by atoms with E-state index in [1.807, 2.05) is 0 Å². The summed E-state index contributed by atoms with van der Waals surface area (Å²) in [5, 5.41) is 13.5. The lowest BCUT2D eigenvalue weighted by Crippen LogP contribution is -2.39. The molecule has 0 bridgehead atoms. The number of nitro groups is 1. The highest BCUT2D eigenvalue weighted by Gasteiger charge is 2.26. The monoisotopic (exact) mass is 315 g/mol. The summed E-state index contributed by atoms with van der Waals surface area (Å²) < 4.78 is 13.3. The lowest BCUT2D eigenvalue weighted by atomic mass is 10.2. The zero-order valence-electron chi connectivity index (χ0n) is 11.4. The van der Waals surface area contributed by atoms with E-state index in [1.165, 1.54) is 0 Å². The molecular weight excluding hydrogens is 301 g/mol. The molecule has 1 atom stereocenters. The molecule has 1 N–H and O–H groups in total. The summed E-state index contributed by atoms with van der Waals surface area (Å²) in [5.74, 6) is -1.00. The molecule has 1 aromatic carbocycles. The molecule has 0 radical (unpaired) electrons. The van der Waals surface area contributed by atoms with Crippen LogP contribution in [0.15, 0.2) is 12.1 Å². The molecule has 1 aliphatic rings. The highest BCUT2D eigenvalue weighted by atomic mass is 35.5. The SMILES string of the molecule is CC(Nc1cc(Cl)c(F)cc1[N+](=O)[O-])C(=O)N1CCCC1. The Balaban J connectivity index is 2.19. The fourth-order valence-corrected chi connectivity index (χ4v) is 2.47. The first-order valence-corrected chi connectivity index (χ1v) is 6.96. The van der Waals surface area contributed by atoms with Crippen LogP contribution < -0.4 is 5.32 Å². The maximum absolute atomic E-state index is 13.3. The van der Waals surface area contributed by atoms with E-state index in [-0.39, 0.29) is 16.6 Å². The first-order chi connectivity index (χ1) is 9.90. The van der Waals surface area contributed by atoms with Crippen molar-refractivity contribution in [1.82, 2.24) is 4.90 Å². The van der Waals surface area contributed by atoms with Crippen LogP contribution in [0.3, 0.4) is 0 Å². The molecule has 1 aromatic rings. The number of carbonyl (C=O) groups excluding carboxylic acids is 1. The number of nitro benzene ring substituents is 1. The molecule has 114 valence electrons. The average Bonchev–Trinajstić information content (AvgIpc) is 2.95. The van der Waals surface area contributed by atoms with Crippen LogP contribution in [0.1, 0.15) is 19.8 Å². The third kappa shape index (κ3) is 3.41. The van der Waals surface area contributed by atoms with Gasteiger partial charge in [-0.25, -0.2) is 4.39 Å². The van der Waals surface area contributed by atoms with Gasteiger partial charge in [-0.1, -0.05) is 11.6 Å². The van der Waals surface area contributed by atoms with Crippen molar-refractivity contribution < 1.29 is 14.1 Å². The van der Waals surface area contributed by atoms with E-state index in [9.17, 15) is 19.3 Å². The smallest absolute Gasteiger partial charge is 0.295 e. The van der Waals surface area contributed by atoms with Gasteiger partial charge in [0.1, 0.15) is 17.5 Å². The zero-order valence-corrected chi connectivity index (χ0v) is 12.2. The van der Waals surface area contributed by atoms with Crippen LogP contribution in [0.2, 0.25) is 5.02 Å². The fraction of sp³-hybridized carbons (Fsp3) is 0.462. The largest absolute Gasteiger partial charge is 0.368 e. The third-order valence-electron chi connectivity index (χ3n) is 3.40. The molecule has 6 nitrogen and oxygen atoms in total. The predicted molar refractivity (Wildman–Crippen MR) is 77.0 cm³/mol. The second kappa shape index (κ2) is 6.26. The summed E-state index contributed by atoms with van der Waals surface area (Å²) >= 11 is 5.65. The second-order valence-electron chi connectivity index (χ2n) is 4.94. The van der Waals surface area contributed by atoms with E-state index in [0.29, 0.717) is 13.1 Å². The van der Waals surface area contributed by atoms with Crippen molar-refractivity contribution in [2.75, 3.05) is 18.4 Å². The van der Waals surface area contributed by atoms with Crippen molar-refractivity contribution in [2.45, 2.75) is 25.8 Å². The molecule has 2 rings (SSSR count). The maximum Gasteiger partial charge on any atom is 0.295 e. The Hall–Kier alpha value is -1.89. The number of benzene rings is 1. The molecule has 1 saturated heterocycles. The minimum absolute atomic E-state index is 0.0337. The summed E-state index contributed by atoms with van der Waals surface area (Å²) in [4.78, 5) is 24.1. The Morgan fingerprint density at radius 1 is 1.48 bits per heavy atom. The Kier molecular flexibility index (Phi) is 4.62. The number of amides is 1. The zero-order chi connectivity index (χ0) is 15.6. The summed E-state index contributed by atoms with van der Waals surface area (Å²) in [7, 11) is 0. The van der Waals surface area contributed by atoms with Gasteiger partial charge in [-0.3, -0.25) is 14.9 Å². The van der Waals surface area contributed by atoms with E-state index >= 15 is 0 Å². The highest BCUT2D eigenvalue weighted by Crippen LogP contribution is 2.31. The molecule has 1 heterocycles. The molecule has 0 aromatic heterocycles. The van der Waals surface area contributed by atoms with Crippen molar-refractivity contribution in [3.63, 3.8) is 0 Å². The van der Waals surface area contributed by atoms with Crippen molar-refractivity contribution in [1.29, 1.82) is 0 Å². The molecule has 0 spiro atoms. The van der Waals surface area contributed by atoms with Gasteiger partial charge in [0.15, 0.2) is 0 Å². The summed E-state index contributed by atoms with van der Waals surface area (Å²) in [6, 6.07) is 1.23. The van der Waals surface area contributed by atoms with Gasteiger partial charge in [0.2, 0.25) is 5.91 Å². The third-order valence-corrected chi connectivity index (χ3v) is 3.69. The maximum atomic E-state index is 13.3. The van der Waals surface area contributed by atoms with Gasteiger partial charge in [-0.2, -0.15) is 0 Å². The fourth-order valence-electron chi connectivity index (χ4n) is 2.31. The Bertz CT molecular complexity index is 576. The van der Waals surface area contributed by atoms with E-state index in [0.717, 1.165) is 25.0 Å². The van der Waals surface area contributed by atoms with Gasteiger partial charge in [-0.15, -0.1) is 0 Å². The first-order valence-electron chi connectivity index (χ1n) is 6.59. The van der Waals surface area contributed by atoms with Gasteiger partial charge in [0, 0.05) is 13.1 Å². The minimum Gasteiger partial charge on any atom is -0.368 e. The molecule has 0 saturated carbocycles. The first kappa shape index (κ1) is 15.5. The van der Waals surface area contributed by atoms with Crippen LogP contribution in [0.4, 0.5) is 15.8 Å². The van der Waals surface area contributed by atoms with Gasteiger partial charge < -0.3 is 10.2 Å². The molecule has 21 heavy (non-hydrogen) atoms. The average molecular weight is 316 g/mol. The van der Waals surface area contributed by atoms with Gasteiger partial charge >= 0.3 is 0 Å². The Morgan fingerprint density at radius 3 is 2.67 bits per heavy atom. The molecule has 1 aliphatic heterocycles. The highest BCUT2D eigenvalue weighted by molar-refractivity contribution is 6.31. The van der Waals surface area contributed by atoms with Crippen molar-refractivity contribution >= 4 is 28.9 Å². The number of nitrogens with zero attached hydrogens (tertiary/aromatic N) is 2. The molecule has 1 fully saturated rings. The molecule has 1 amide bonds. The number of nitrogens with one attached hydrogen (secondary N) is 1. The van der Waals surface area contributed by atoms with Crippen molar-refractivity contribution in [3.8, 4) is 0 Å². The van der Waals surface area contributed by atoms with Crippen molar-refractivity contribution in [3.05, 3.63) is 33.1 Å². The van der Waals surface area contributed by atoms with Crippen LogP contribution in [0.5, 0.6) is 0 Å². The Morgan fingerprint density at radius 2 is 2.10 bits per heavy atom. The van der Waals surface area contributed by atoms with E-state index in [2.05, 4.69) is 5.32 Å². The summed E-state index contributed by atoms with van der Waals surface area (Å²) in [5.41, 5.74) is -0.413. The Labute approximate surface area is 126 Å². The predicted octanol–water partition coefficient (Wildman–Crippen LogP) is 2.81. The number of hydrogen-bond acceptors (Lipinski definition) is 4. The lowest BCUT2D eigenvalue weighted by Gasteiger charge is -2.21. The van der Waals surface area contributed by atoms with Crippen LogP contribution in [-0.2, 0) is 4.79 Å². The topological polar surface area (TPSA) is 75.5 Å². The van der Waals surface area contributed by atoms with Gasteiger partial charge in [0.05, 0.1) is 16.0 Å². The number of likely N-dealkylation sites (tertiary alicyclic amines) is 1. The molecular formula is C13H15ClFN3O3. The van der Waals surface area contributed by atoms with Gasteiger partial charge in [0.25, 0.3) is 5.69 Å². The number of anilines is 1. The van der Waals surface area contributed by atoms with E-state index in [1.54, 1.807) is 11.8 Å². The van der Waals surface area contributed by atoms with Crippen LogP contribution in [0, 0.1) is 15.9 Å². The number of hydrogen-bond donors (Lipinski definition) is 1. The van der Waals surface area contributed by atoms with Crippen LogP contribution in [-0.4, -0.2) is 34.9 Å². The normalized spacial score (nSPS) is 15.9. The molecule has 1 unspecified atom stereocenters. The quantitative estimate of drug-likeness (QED) is 0.684. The number of rotatable bonds is 4. The summed E-state index contributed by atoms with van der Waals surface area (Å²) in [6.07, 6.45) is 1.92. The van der Waals surface area contributed by atoms with E-state index < -0.39 is 22.5 Å². The number of carbonyl (C=O) groups is 1. The lowest BCUT2D eigenvalue weighted by molar-refractivity contribution is -0.384. The molecule has 8 heteroatoms. The van der Waals surface area contributed by atoms with E-state index in [4.69, 9.17) is 11.6 Å². The van der Waals surface area contributed by atoms with Gasteiger partial charge in [-0.05, 0) is 25.8 Å².